The Labute approximate surface area is 199 Å². The fourth-order valence-electron chi connectivity index (χ4n) is 3.67. The molecule has 176 valence electrons. The van der Waals surface area contributed by atoms with Gasteiger partial charge in [0.1, 0.15) is 17.7 Å². The second-order valence-electron chi connectivity index (χ2n) is 7.74. The Balaban J connectivity index is 1.41. The highest BCUT2D eigenvalue weighted by Gasteiger charge is 2.19. The molecule has 0 saturated heterocycles. The standard InChI is InChI=1S/C26H20F2N4O3/c1-2-18-6-5-17(12-21(18)25-30-31-26(35-25)23-4-3-11-33-23)15-34-24(14-32-10-9-29-16-32)20-8-7-19(27)13-22(20)28/h2-13,16,24H,1,14-15H2. The molecular weight excluding hydrogens is 454 g/mol. The van der Waals surface area contributed by atoms with Crippen LogP contribution in [0.3, 0.4) is 0 Å². The monoisotopic (exact) mass is 474 g/mol. The number of imidazole rings is 1. The van der Waals surface area contributed by atoms with Crippen molar-refractivity contribution in [1.29, 1.82) is 0 Å². The van der Waals surface area contributed by atoms with Crippen molar-refractivity contribution in [3.8, 4) is 23.1 Å². The zero-order chi connectivity index (χ0) is 24.2. The molecule has 0 fully saturated rings. The number of nitrogens with zero attached hydrogens (tertiary/aromatic N) is 4. The quantitative estimate of drug-likeness (QED) is 0.258. The average molecular weight is 474 g/mol. The highest BCUT2D eigenvalue weighted by molar-refractivity contribution is 5.70. The van der Waals surface area contributed by atoms with Crippen LogP contribution in [0.15, 0.2) is 88.9 Å². The predicted octanol–water partition coefficient (Wildman–Crippen LogP) is 6.07. The third-order valence-corrected chi connectivity index (χ3v) is 5.42. The molecule has 7 nitrogen and oxygen atoms in total. The van der Waals surface area contributed by atoms with E-state index >= 15 is 0 Å². The van der Waals surface area contributed by atoms with Gasteiger partial charge in [0.25, 0.3) is 5.89 Å². The van der Waals surface area contributed by atoms with Gasteiger partial charge < -0.3 is 18.1 Å². The van der Waals surface area contributed by atoms with E-state index in [4.69, 9.17) is 13.6 Å². The van der Waals surface area contributed by atoms with Gasteiger partial charge in [0.2, 0.25) is 5.89 Å². The van der Waals surface area contributed by atoms with Crippen molar-refractivity contribution in [3.63, 3.8) is 0 Å². The van der Waals surface area contributed by atoms with Gasteiger partial charge in [-0.3, -0.25) is 0 Å². The highest BCUT2D eigenvalue weighted by atomic mass is 19.1. The van der Waals surface area contributed by atoms with Gasteiger partial charge in [0.05, 0.1) is 25.7 Å². The second-order valence-corrected chi connectivity index (χ2v) is 7.74. The van der Waals surface area contributed by atoms with Crippen molar-refractivity contribution in [1.82, 2.24) is 19.7 Å². The van der Waals surface area contributed by atoms with Gasteiger partial charge in [-0.15, -0.1) is 10.2 Å². The second kappa shape index (κ2) is 9.86. The summed E-state index contributed by atoms with van der Waals surface area (Å²) in [6.45, 7) is 4.31. The van der Waals surface area contributed by atoms with E-state index in [9.17, 15) is 8.78 Å². The summed E-state index contributed by atoms with van der Waals surface area (Å²) in [4.78, 5) is 4.02. The van der Waals surface area contributed by atoms with Gasteiger partial charge in [-0.2, -0.15) is 0 Å². The van der Waals surface area contributed by atoms with Crippen LogP contribution in [0.25, 0.3) is 29.2 Å². The van der Waals surface area contributed by atoms with Gasteiger partial charge >= 0.3 is 0 Å². The summed E-state index contributed by atoms with van der Waals surface area (Å²) in [5.74, 6) is -0.298. The van der Waals surface area contributed by atoms with Crippen LogP contribution >= 0.6 is 0 Å². The molecule has 0 N–H and O–H groups in total. The number of benzene rings is 2. The van der Waals surface area contributed by atoms with Crippen LogP contribution < -0.4 is 0 Å². The minimum atomic E-state index is -0.679. The number of rotatable bonds is 9. The fourth-order valence-corrected chi connectivity index (χ4v) is 3.67. The molecule has 0 amide bonds. The van der Waals surface area contributed by atoms with E-state index < -0.39 is 17.7 Å². The van der Waals surface area contributed by atoms with Crippen LogP contribution in [0.1, 0.15) is 22.8 Å². The van der Waals surface area contributed by atoms with E-state index in [1.807, 2.05) is 18.2 Å². The van der Waals surface area contributed by atoms with E-state index in [0.29, 0.717) is 23.8 Å². The Morgan fingerprint density at radius 2 is 1.97 bits per heavy atom. The molecule has 0 aliphatic rings. The summed E-state index contributed by atoms with van der Waals surface area (Å²) >= 11 is 0. The third kappa shape index (κ3) is 4.95. The van der Waals surface area contributed by atoms with Gasteiger partial charge in [-0.25, -0.2) is 13.8 Å². The summed E-state index contributed by atoms with van der Waals surface area (Å²) in [6, 6.07) is 12.5. The maximum absolute atomic E-state index is 14.6. The Kier molecular flexibility index (Phi) is 6.32. The molecular formula is C26H20F2N4O3. The minimum absolute atomic E-state index is 0.153. The van der Waals surface area contributed by atoms with Crippen molar-refractivity contribution in [2.75, 3.05) is 0 Å². The lowest BCUT2D eigenvalue weighted by Gasteiger charge is -2.20. The molecule has 2 aromatic carbocycles. The molecule has 5 rings (SSSR count). The van der Waals surface area contributed by atoms with E-state index in [-0.39, 0.29) is 18.1 Å². The van der Waals surface area contributed by atoms with Gasteiger partial charge in [-0.05, 0) is 35.4 Å². The van der Waals surface area contributed by atoms with Crippen molar-refractivity contribution in [2.45, 2.75) is 19.3 Å². The zero-order valence-corrected chi connectivity index (χ0v) is 18.5. The molecule has 0 aliphatic heterocycles. The van der Waals surface area contributed by atoms with Crippen LogP contribution in [0.4, 0.5) is 8.78 Å². The Morgan fingerprint density at radius 1 is 1.09 bits per heavy atom. The smallest absolute Gasteiger partial charge is 0.283 e. The summed E-state index contributed by atoms with van der Waals surface area (Å²) in [5.41, 5.74) is 2.51. The molecule has 0 radical (unpaired) electrons. The maximum atomic E-state index is 14.6. The fraction of sp³-hybridized carbons (Fsp3) is 0.115. The minimum Gasteiger partial charge on any atom is -0.459 e. The Hall–Kier alpha value is -4.37. The topological polar surface area (TPSA) is 79.1 Å². The Morgan fingerprint density at radius 3 is 2.71 bits per heavy atom. The molecule has 0 spiro atoms. The largest absolute Gasteiger partial charge is 0.459 e. The lowest BCUT2D eigenvalue weighted by atomic mass is 10.0. The van der Waals surface area contributed by atoms with Gasteiger partial charge in [0, 0.05) is 29.6 Å². The van der Waals surface area contributed by atoms with E-state index in [1.54, 1.807) is 41.5 Å². The number of ether oxygens (including phenoxy) is 1. The van der Waals surface area contributed by atoms with Crippen molar-refractivity contribution in [2.24, 2.45) is 0 Å². The molecule has 0 bridgehead atoms. The Bertz CT molecular complexity index is 1430. The predicted molar refractivity (Wildman–Crippen MR) is 124 cm³/mol. The normalized spacial score (nSPS) is 12.1. The molecule has 35 heavy (non-hydrogen) atoms. The molecule has 3 heterocycles. The first kappa shape index (κ1) is 22.4. The summed E-state index contributed by atoms with van der Waals surface area (Å²) in [7, 11) is 0. The van der Waals surface area contributed by atoms with Gasteiger partial charge in [-0.1, -0.05) is 30.9 Å². The number of halogens is 2. The lowest BCUT2D eigenvalue weighted by Crippen LogP contribution is -2.14. The van der Waals surface area contributed by atoms with Crippen LogP contribution in [-0.4, -0.2) is 19.7 Å². The van der Waals surface area contributed by atoms with Crippen molar-refractivity contribution >= 4 is 6.08 Å². The van der Waals surface area contributed by atoms with Crippen LogP contribution in [0, 0.1) is 11.6 Å². The van der Waals surface area contributed by atoms with Crippen LogP contribution in [-0.2, 0) is 17.9 Å². The summed E-state index contributed by atoms with van der Waals surface area (Å²) in [6.07, 6.45) is 7.52. The molecule has 1 atom stereocenters. The number of hydrogen-bond donors (Lipinski definition) is 0. The van der Waals surface area contributed by atoms with Crippen molar-refractivity contribution < 1.29 is 22.4 Å². The number of hydrogen-bond acceptors (Lipinski definition) is 6. The van der Waals surface area contributed by atoms with E-state index in [2.05, 4.69) is 21.8 Å². The number of furan rings is 1. The molecule has 0 aliphatic carbocycles. The molecule has 3 aromatic heterocycles. The summed E-state index contributed by atoms with van der Waals surface area (Å²) in [5, 5.41) is 8.20. The SMILES string of the molecule is C=Cc1ccc(COC(Cn2ccnc2)c2ccc(F)cc2F)cc1-c1nnc(-c2ccco2)o1. The van der Waals surface area contributed by atoms with Crippen molar-refractivity contribution in [3.05, 3.63) is 108 Å². The summed E-state index contributed by atoms with van der Waals surface area (Å²) < 4.78 is 47.1. The molecule has 1 unspecified atom stereocenters. The molecule has 9 heteroatoms. The highest BCUT2D eigenvalue weighted by Crippen LogP contribution is 2.30. The first-order chi connectivity index (χ1) is 17.1. The van der Waals surface area contributed by atoms with Crippen LogP contribution in [0.2, 0.25) is 0 Å². The lowest BCUT2D eigenvalue weighted by molar-refractivity contribution is 0.0256. The van der Waals surface area contributed by atoms with E-state index in [0.717, 1.165) is 17.2 Å². The van der Waals surface area contributed by atoms with Gasteiger partial charge in [0.15, 0.2) is 5.76 Å². The third-order valence-electron chi connectivity index (χ3n) is 5.42. The van der Waals surface area contributed by atoms with E-state index in [1.165, 1.54) is 18.4 Å². The number of aromatic nitrogens is 4. The van der Waals surface area contributed by atoms with Crippen LogP contribution in [0.5, 0.6) is 0 Å². The maximum Gasteiger partial charge on any atom is 0.283 e. The first-order valence-corrected chi connectivity index (χ1v) is 10.8. The first-order valence-electron chi connectivity index (χ1n) is 10.8. The molecule has 0 saturated carbocycles. The average Bonchev–Trinajstić information content (AvgIpc) is 3.64. The molecule has 5 aromatic rings. The zero-order valence-electron chi connectivity index (χ0n) is 18.5.